The highest BCUT2D eigenvalue weighted by Crippen LogP contribution is 2.46. The standard InChI is InChI=1S/C32H47N5O3/c1-32(19-24-13-10-14-25(20-32)36(24)23-11-6-4-3-5-7-12-23)37-28-16-9-8-15-27(28)33-30(31(37)40)35-18-17-26(21-35)34(2)22-29(38)39/h8-9,15-16,23-26H,3-7,10-14,17-22H2,1-2H3,(H,38,39)/t24-,25+,26-,32+/m0/s1. The van der Waals surface area contributed by atoms with Crippen LogP contribution in [0.2, 0.25) is 0 Å². The van der Waals surface area contributed by atoms with E-state index in [0.717, 1.165) is 30.3 Å². The molecule has 4 atom stereocenters. The zero-order valence-electron chi connectivity index (χ0n) is 24.4. The number of nitrogens with zero attached hydrogens (tertiary/aromatic N) is 5. The minimum absolute atomic E-state index is 0.00618. The molecule has 2 bridgehead atoms. The summed E-state index contributed by atoms with van der Waals surface area (Å²) in [6.45, 7) is 3.68. The third-order valence-corrected chi connectivity index (χ3v) is 10.5. The number of aromatic nitrogens is 2. The zero-order valence-corrected chi connectivity index (χ0v) is 24.4. The molecule has 0 amide bonds. The molecule has 6 rings (SSSR count). The molecular formula is C32H47N5O3. The summed E-state index contributed by atoms with van der Waals surface area (Å²) in [5.74, 6) is -0.296. The molecule has 0 radical (unpaired) electrons. The Morgan fingerprint density at radius 2 is 1.62 bits per heavy atom. The molecule has 1 saturated carbocycles. The largest absolute Gasteiger partial charge is 0.480 e. The van der Waals surface area contributed by atoms with E-state index in [2.05, 4.69) is 27.4 Å². The summed E-state index contributed by atoms with van der Waals surface area (Å²) >= 11 is 0. The van der Waals surface area contributed by atoms with Crippen molar-refractivity contribution in [3.8, 4) is 0 Å². The van der Waals surface area contributed by atoms with Gasteiger partial charge in [-0.05, 0) is 71.0 Å². The number of carboxylic acids is 1. The van der Waals surface area contributed by atoms with Gasteiger partial charge in [0.1, 0.15) is 0 Å². The van der Waals surface area contributed by atoms with Gasteiger partial charge in [-0.1, -0.05) is 50.7 Å². The third-order valence-electron chi connectivity index (χ3n) is 10.5. The highest BCUT2D eigenvalue weighted by molar-refractivity contribution is 5.77. The van der Waals surface area contributed by atoms with Gasteiger partial charge in [0, 0.05) is 42.8 Å². The molecule has 1 aromatic carbocycles. The Labute approximate surface area is 238 Å². The number of likely N-dealkylation sites (N-methyl/N-ethyl adjacent to an activating group) is 1. The summed E-state index contributed by atoms with van der Waals surface area (Å²) in [5.41, 5.74) is 1.56. The van der Waals surface area contributed by atoms with Crippen LogP contribution in [-0.4, -0.2) is 81.3 Å². The lowest BCUT2D eigenvalue weighted by atomic mass is 9.72. The maximum atomic E-state index is 14.5. The van der Waals surface area contributed by atoms with E-state index in [4.69, 9.17) is 4.98 Å². The van der Waals surface area contributed by atoms with Crippen molar-refractivity contribution in [3.63, 3.8) is 0 Å². The number of rotatable bonds is 6. The molecule has 3 saturated heterocycles. The topological polar surface area (TPSA) is 81.9 Å². The number of para-hydroxylation sites is 2. The van der Waals surface area contributed by atoms with Crippen LogP contribution < -0.4 is 10.5 Å². The van der Waals surface area contributed by atoms with E-state index >= 15 is 0 Å². The number of aliphatic carboxylic acids is 1. The number of hydrogen-bond acceptors (Lipinski definition) is 6. The number of fused-ring (bicyclic) bond motifs is 3. The fourth-order valence-electron chi connectivity index (χ4n) is 8.71. The SMILES string of the molecule is CN(CC(=O)O)[C@H]1CCN(c2nc3ccccc3n([C@@]3(C)C[C@H]4CCC[C@@H](C3)N4C3CCCCCCC3)c2=O)C1. The minimum Gasteiger partial charge on any atom is -0.480 e. The quantitative estimate of drug-likeness (QED) is 0.552. The summed E-state index contributed by atoms with van der Waals surface area (Å²) in [6, 6.07) is 10.0. The van der Waals surface area contributed by atoms with E-state index in [9.17, 15) is 14.7 Å². The Morgan fingerprint density at radius 3 is 2.33 bits per heavy atom. The molecule has 0 unspecified atom stereocenters. The van der Waals surface area contributed by atoms with Crippen LogP contribution in [0.4, 0.5) is 5.82 Å². The Bertz CT molecular complexity index is 1250. The van der Waals surface area contributed by atoms with Crippen LogP contribution in [-0.2, 0) is 10.3 Å². The Kier molecular flexibility index (Phi) is 7.92. The predicted octanol–water partition coefficient (Wildman–Crippen LogP) is 4.84. The molecule has 3 aliphatic heterocycles. The maximum absolute atomic E-state index is 14.5. The number of carbonyl (C=O) groups is 1. The molecule has 0 spiro atoms. The number of benzene rings is 1. The van der Waals surface area contributed by atoms with Crippen molar-refractivity contribution >= 4 is 22.8 Å². The summed E-state index contributed by atoms with van der Waals surface area (Å²) < 4.78 is 2.12. The monoisotopic (exact) mass is 549 g/mol. The first kappa shape index (κ1) is 27.7. The van der Waals surface area contributed by atoms with Crippen LogP contribution in [0.25, 0.3) is 11.0 Å². The molecule has 8 nitrogen and oxygen atoms in total. The van der Waals surface area contributed by atoms with Gasteiger partial charge in [-0.25, -0.2) is 4.98 Å². The first-order valence-corrected chi connectivity index (χ1v) is 15.8. The van der Waals surface area contributed by atoms with Crippen molar-refractivity contribution in [1.82, 2.24) is 19.4 Å². The third kappa shape index (κ3) is 5.29. The summed E-state index contributed by atoms with van der Waals surface area (Å²) in [6.07, 6.45) is 16.1. The van der Waals surface area contributed by atoms with E-state index in [0.29, 0.717) is 37.0 Å². The summed E-state index contributed by atoms with van der Waals surface area (Å²) in [7, 11) is 1.86. The number of anilines is 1. The fraction of sp³-hybridized carbons (Fsp3) is 0.719. The van der Waals surface area contributed by atoms with Gasteiger partial charge in [0.25, 0.3) is 5.56 Å². The Morgan fingerprint density at radius 1 is 0.975 bits per heavy atom. The number of carboxylic acid groups (broad SMARTS) is 1. The first-order valence-electron chi connectivity index (χ1n) is 15.8. The second kappa shape index (κ2) is 11.4. The van der Waals surface area contributed by atoms with E-state index < -0.39 is 5.97 Å². The van der Waals surface area contributed by atoms with E-state index in [1.54, 1.807) is 0 Å². The summed E-state index contributed by atoms with van der Waals surface area (Å²) in [4.78, 5) is 37.6. The van der Waals surface area contributed by atoms with Gasteiger partial charge >= 0.3 is 5.97 Å². The van der Waals surface area contributed by atoms with Crippen molar-refractivity contribution in [2.75, 3.05) is 31.6 Å². The highest BCUT2D eigenvalue weighted by atomic mass is 16.4. The lowest BCUT2D eigenvalue weighted by Gasteiger charge is -2.56. The van der Waals surface area contributed by atoms with E-state index in [1.165, 1.54) is 64.2 Å². The van der Waals surface area contributed by atoms with Gasteiger partial charge in [0.2, 0.25) is 0 Å². The molecular weight excluding hydrogens is 502 g/mol. The van der Waals surface area contributed by atoms with Crippen molar-refractivity contribution in [2.45, 2.75) is 120 Å². The van der Waals surface area contributed by atoms with Crippen LogP contribution in [0.3, 0.4) is 0 Å². The summed E-state index contributed by atoms with van der Waals surface area (Å²) in [5, 5.41) is 9.27. The molecule has 218 valence electrons. The highest BCUT2D eigenvalue weighted by Gasteiger charge is 2.48. The van der Waals surface area contributed by atoms with Crippen molar-refractivity contribution in [1.29, 1.82) is 0 Å². The van der Waals surface area contributed by atoms with Gasteiger partial charge < -0.3 is 10.0 Å². The van der Waals surface area contributed by atoms with E-state index in [-0.39, 0.29) is 23.7 Å². The molecule has 2 aromatic rings. The lowest BCUT2D eigenvalue weighted by Crippen LogP contribution is -2.62. The van der Waals surface area contributed by atoms with E-state index in [1.807, 2.05) is 30.1 Å². The van der Waals surface area contributed by atoms with Crippen LogP contribution in [0.1, 0.15) is 90.4 Å². The predicted molar refractivity (Wildman–Crippen MR) is 159 cm³/mol. The van der Waals surface area contributed by atoms with Crippen LogP contribution in [0.5, 0.6) is 0 Å². The molecule has 4 aliphatic rings. The molecule has 4 heterocycles. The van der Waals surface area contributed by atoms with Crippen LogP contribution in [0, 0.1) is 0 Å². The molecule has 8 heteroatoms. The van der Waals surface area contributed by atoms with Crippen molar-refractivity contribution in [2.24, 2.45) is 0 Å². The average molecular weight is 550 g/mol. The van der Waals surface area contributed by atoms with Gasteiger partial charge in [-0.15, -0.1) is 0 Å². The van der Waals surface area contributed by atoms with Crippen molar-refractivity contribution in [3.05, 3.63) is 34.6 Å². The number of piperidine rings is 2. The van der Waals surface area contributed by atoms with Gasteiger partial charge in [0.15, 0.2) is 5.82 Å². The Balaban J connectivity index is 1.33. The van der Waals surface area contributed by atoms with Gasteiger partial charge in [0.05, 0.1) is 17.6 Å². The molecule has 1 N–H and O–H groups in total. The molecule has 4 fully saturated rings. The zero-order chi connectivity index (χ0) is 27.9. The van der Waals surface area contributed by atoms with Gasteiger partial charge in [-0.2, -0.15) is 0 Å². The second-order valence-corrected chi connectivity index (χ2v) is 13.4. The smallest absolute Gasteiger partial charge is 0.317 e. The van der Waals surface area contributed by atoms with Crippen LogP contribution in [0.15, 0.2) is 29.1 Å². The minimum atomic E-state index is -0.823. The normalized spacial score (nSPS) is 30.5. The maximum Gasteiger partial charge on any atom is 0.317 e. The molecule has 1 aromatic heterocycles. The first-order chi connectivity index (χ1) is 19.3. The average Bonchev–Trinajstić information content (AvgIpc) is 3.38. The Hall–Kier alpha value is -2.45. The molecule has 1 aliphatic carbocycles. The second-order valence-electron chi connectivity index (χ2n) is 13.4. The van der Waals surface area contributed by atoms with Gasteiger partial charge in [-0.3, -0.25) is 24.0 Å². The fourth-order valence-corrected chi connectivity index (χ4v) is 8.71. The number of hydrogen-bond donors (Lipinski definition) is 1. The lowest BCUT2D eigenvalue weighted by molar-refractivity contribution is -0.138. The molecule has 40 heavy (non-hydrogen) atoms. The van der Waals surface area contributed by atoms with Crippen molar-refractivity contribution < 1.29 is 9.90 Å². The van der Waals surface area contributed by atoms with Crippen LogP contribution >= 0.6 is 0 Å².